The molecule has 0 aromatic carbocycles. The lowest BCUT2D eigenvalue weighted by atomic mass is 10.3. The molecule has 0 bridgehead atoms. The highest BCUT2D eigenvalue weighted by Gasteiger charge is 2.46. The van der Waals surface area contributed by atoms with E-state index in [0.29, 0.717) is 11.3 Å². The van der Waals surface area contributed by atoms with Gasteiger partial charge in [-0.3, -0.25) is 13.6 Å². The highest BCUT2D eigenvalue weighted by atomic mass is 31.1. The predicted molar refractivity (Wildman–Crippen MR) is 227 cm³/mol. The van der Waals surface area contributed by atoms with Gasteiger partial charge in [-0.25, -0.2) is 49.1 Å². The van der Waals surface area contributed by atoms with Crippen LogP contribution in [0.4, 0.5) is 30.8 Å². The van der Waals surface area contributed by atoms with Crippen molar-refractivity contribution in [1.29, 1.82) is 0 Å². The Kier molecular flexibility index (Phi) is 19.0. The molecule has 0 saturated heterocycles. The van der Waals surface area contributed by atoms with Crippen LogP contribution in [0.15, 0.2) is 25.3 Å². The van der Waals surface area contributed by atoms with Crippen LogP contribution < -0.4 is 11.5 Å². The Morgan fingerprint density at radius 2 is 0.833 bits per heavy atom. The van der Waals surface area contributed by atoms with Crippen LogP contribution in [0, 0.1) is 0 Å². The Hall–Kier alpha value is -6.15. The molecule has 0 fully saturated rings. The first-order valence-electron chi connectivity index (χ1n) is 20.5. The third-order valence-electron chi connectivity index (χ3n) is 8.10. The molecular weight excluding hydrogens is 899 g/mol. The van der Waals surface area contributed by atoms with Crippen LogP contribution in [0.1, 0.15) is 69.2 Å². The summed E-state index contributed by atoms with van der Waals surface area (Å²) >= 11 is 0. The van der Waals surface area contributed by atoms with Crippen molar-refractivity contribution in [3.8, 4) is 0 Å². The Morgan fingerprint density at radius 3 is 1.12 bits per heavy atom. The number of nitrogen functional groups attached to an aromatic ring is 2. The van der Waals surface area contributed by atoms with E-state index >= 15 is 0 Å². The average molecular weight is 957 g/mol. The molecule has 0 spiro atoms. The molecule has 0 unspecified atom stereocenters. The van der Waals surface area contributed by atoms with Crippen molar-refractivity contribution in [3.05, 3.63) is 25.3 Å². The molecule has 4 heterocycles. The SMILES string of the molecule is CC(C)OC(=O)OCC(COC(=O)OC(C)C)(O[C@H](C)Cn1cnc2c(N)ncnc21)O[PH](=O)OC(COC(=O)OC(C)C)(COC(=O)OC(C)C)O[C@H](C)Cn1cnc2c(N)ncnc21. The molecule has 27 nitrogen and oxygen atoms in total. The van der Waals surface area contributed by atoms with Crippen LogP contribution in [-0.4, -0.2) is 138 Å². The van der Waals surface area contributed by atoms with Crippen LogP contribution in [-0.2, 0) is 74.1 Å². The fraction of sp³-hybridized carbons (Fsp3) is 0.632. The van der Waals surface area contributed by atoms with E-state index in [9.17, 15) is 23.7 Å². The Bertz CT molecular complexity index is 2070. The van der Waals surface area contributed by atoms with Crippen LogP contribution in [0.3, 0.4) is 0 Å². The van der Waals surface area contributed by atoms with Crippen LogP contribution in [0.2, 0.25) is 0 Å². The predicted octanol–water partition coefficient (Wildman–Crippen LogP) is 4.70. The quantitative estimate of drug-likeness (QED) is 0.0416. The number of hydrogen-bond acceptors (Lipinski definition) is 25. The first-order chi connectivity index (χ1) is 31.1. The van der Waals surface area contributed by atoms with E-state index in [1.165, 1.54) is 25.3 Å². The van der Waals surface area contributed by atoms with Crippen LogP contribution >= 0.6 is 8.25 Å². The van der Waals surface area contributed by atoms with Gasteiger partial charge in [0.15, 0.2) is 49.4 Å². The monoisotopic (exact) mass is 956 g/mol. The van der Waals surface area contributed by atoms with Crippen molar-refractivity contribution >= 4 is 66.8 Å². The first kappa shape index (κ1) is 52.5. The van der Waals surface area contributed by atoms with Gasteiger partial charge in [-0.1, -0.05) is 0 Å². The van der Waals surface area contributed by atoms with E-state index in [2.05, 4.69) is 29.9 Å². The Morgan fingerprint density at radius 1 is 0.530 bits per heavy atom. The fourth-order valence-electron chi connectivity index (χ4n) is 5.72. The molecule has 0 aliphatic carbocycles. The molecule has 0 amide bonds. The second-order valence-corrected chi connectivity index (χ2v) is 16.5. The second kappa shape index (κ2) is 23.9. The maximum atomic E-state index is 14.6. The standard InChI is InChI=1S/C38H57N10O17P/c1-21(2)58-33(49)54-13-37(14-55-34(50)59-22(3)4,62-25(9)11-47-19-45-27-29(39)41-17-43-31(27)47)64-66(53)65-38(15-56-35(51)60-23(5)6,16-57-36(52)61-24(7)8)63-26(10)12-48-20-46-28-30(40)42-18-44-32(28)48/h17-26,66H,11-16H2,1-10H3,(H2,39,41,43)(H2,40,42,44)/t25-,26-/m1/s1. The van der Waals surface area contributed by atoms with Gasteiger partial charge in [0, 0.05) is 0 Å². The van der Waals surface area contributed by atoms with Gasteiger partial charge < -0.3 is 68.0 Å². The zero-order chi connectivity index (χ0) is 48.8. The van der Waals surface area contributed by atoms with E-state index in [4.69, 9.17) is 67.9 Å². The number of fused-ring (bicyclic) bond motifs is 2. The number of anilines is 2. The molecule has 2 atom stereocenters. The summed E-state index contributed by atoms with van der Waals surface area (Å²) in [7, 11) is -4.22. The van der Waals surface area contributed by atoms with Gasteiger partial charge in [-0.05, 0) is 69.2 Å². The molecule has 4 aromatic rings. The van der Waals surface area contributed by atoms with E-state index in [1.54, 1.807) is 78.4 Å². The summed E-state index contributed by atoms with van der Waals surface area (Å²) in [5.74, 6) is -4.83. The van der Waals surface area contributed by atoms with Crippen molar-refractivity contribution in [2.24, 2.45) is 0 Å². The molecule has 4 rings (SSSR count). The molecule has 366 valence electrons. The molecule has 0 radical (unpaired) electrons. The minimum Gasteiger partial charge on any atom is -0.432 e. The number of hydrogen-bond donors (Lipinski definition) is 2. The molecule has 0 aliphatic rings. The summed E-state index contributed by atoms with van der Waals surface area (Å²) in [5, 5.41) is 0. The third kappa shape index (κ3) is 16.1. The molecule has 28 heteroatoms. The maximum Gasteiger partial charge on any atom is 0.508 e. The van der Waals surface area contributed by atoms with Gasteiger partial charge in [0.05, 0.1) is 62.4 Å². The van der Waals surface area contributed by atoms with Crippen molar-refractivity contribution < 1.29 is 80.2 Å². The average Bonchev–Trinajstić information content (AvgIpc) is 3.81. The molecule has 4 N–H and O–H groups in total. The zero-order valence-electron chi connectivity index (χ0n) is 38.2. The zero-order valence-corrected chi connectivity index (χ0v) is 39.2. The van der Waals surface area contributed by atoms with Gasteiger partial charge >= 0.3 is 32.9 Å². The molecule has 0 aliphatic heterocycles. The number of rotatable bonds is 24. The van der Waals surface area contributed by atoms with Gasteiger partial charge in [-0.15, -0.1) is 0 Å². The molecule has 4 aromatic heterocycles. The topological polar surface area (TPSA) is 335 Å². The number of nitrogens with two attached hydrogens (primary N) is 2. The van der Waals surface area contributed by atoms with Crippen molar-refractivity contribution in [2.75, 3.05) is 37.9 Å². The Labute approximate surface area is 379 Å². The summed E-state index contributed by atoms with van der Waals surface area (Å²) < 4.78 is 84.4. The van der Waals surface area contributed by atoms with E-state index in [1.807, 2.05) is 0 Å². The normalized spacial score (nSPS) is 13.1. The molecule has 0 saturated carbocycles. The van der Waals surface area contributed by atoms with Gasteiger partial charge in [-0.2, -0.15) is 0 Å². The van der Waals surface area contributed by atoms with E-state index < -0.39 is 108 Å². The van der Waals surface area contributed by atoms with Crippen LogP contribution in [0.5, 0.6) is 0 Å². The lowest BCUT2D eigenvalue weighted by Crippen LogP contribution is -2.50. The number of ether oxygens (including phenoxy) is 10. The minimum absolute atomic E-state index is 0.0611. The lowest BCUT2D eigenvalue weighted by Gasteiger charge is -2.37. The molecular formula is C38H57N10O17P. The fourth-order valence-corrected chi connectivity index (χ4v) is 6.70. The van der Waals surface area contributed by atoms with Crippen molar-refractivity contribution in [2.45, 2.75) is 131 Å². The number of carbonyl (C=O) groups is 4. The largest absolute Gasteiger partial charge is 0.508 e. The summed E-state index contributed by atoms with van der Waals surface area (Å²) in [6.07, 6.45) is -4.20. The number of nitrogens with zero attached hydrogens (tertiary/aromatic N) is 8. The van der Waals surface area contributed by atoms with E-state index in [-0.39, 0.29) is 35.8 Å². The maximum absolute atomic E-state index is 14.6. The minimum atomic E-state index is -4.22. The van der Waals surface area contributed by atoms with Crippen LogP contribution in [0.25, 0.3) is 22.3 Å². The van der Waals surface area contributed by atoms with Gasteiger partial charge in [0.1, 0.15) is 23.7 Å². The lowest BCUT2D eigenvalue weighted by molar-refractivity contribution is -0.273. The van der Waals surface area contributed by atoms with E-state index in [0.717, 1.165) is 0 Å². The van der Waals surface area contributed by atoms with Crippen molar-refractivity contribution in [3.63, 3.8) is 0 Å². The highest BCUT2D eigenvalue weighted by Crippen LogP contribution is 2.40. The van der Waals surface area contributed by atoms with Crippen molar-refractivity contribution in [1.82, 2.24) is 39.0 Å². The second-order valence-electron chi connectivity index (χ2n) is 15.6. The first-order valence-corrected chi connectivity index (χ1v) is 21.7. The molecule has 66 heavy (non-hydrogen) atoms. The smallest absolute Gasteiger partial charge is 0.432 e. The number of carbonyl (C=O) groups excluding carboxylic acids is 4. The summed E-state index contributed by atoms with van der Waals surface area (Å²) in [6.45, 7) is 11.6. The summed E-state index contributed by atoms with van der Waals surface area (Å²) in [6, 6.07) is 0. The van der Waals surface area contributed by atoms with Gasteiger partial charge in [0.2, 0.25) is 11.6 Å². The van der Waals surface area contributed by atoms with Gasteiger partial charge in [0.25, 0.3) is 0 Å². The summed E-state index contributed by atoms with van der Waals surface area (Å²) in [4.78, 5) is 76.2. The number of aromatic nitrogens is 8. The number of imidazole rings is 2. The third-order valence-corrected chi connectivity index (χ3v) is 9.18. The highest BCUT2D eigenvalue weighted by molar-refractivity contribution is 7.33. The Balaban J connectivity index is 1.77. The summed E-state index contributed by atoms with van der Waals surface area (Å²) in [5.41, 5.74) is 13.2.